The van der Waals surface area contributed by atoms with Crippen molar-refractivity contribution in [1.82, 2.24) is 0 Å². The summed E-state index contributed by atoms with van der Waals surface area (Å²) in [6, 6.07) is 3.64. The van der Waals surface area contributed by atoms with Gasteiger partial charge in [-0.2, -0.15) is 0 Å². The van der Waals surface area contributed by atoms with Crippen molar-refractivity contribution in [2.45, 2.75) is 70.1 Å². The van der Waals surface area contributed by atoms with E-state index < -0.39 is 0 Å². The number of rotatable bonds is 1. The van der Waals surface area contributed by atoms with Gasteiger partial charge in [0.2, 0.25) is 0 Å². The maximum absolute atomic E-state index is 11.3. The summed E-state index contributed by atoms with van der Waals surface area (Å²) < 4.78 is 5.17. The van der Waals surface area contributed by atoms with Crippen LogP contribution in [0.3, 0.4) is 0 Å². The molecule has 0 N–H and O–H groups in total. The van der Waals surface area contributed by atoms with Gasteiger partial charge < -0.3 is 4.42 Å². The quantitative estimate of drug-likeness (QED) is 0.694. The van der Waals surface area contributed by atoms with Gasteiger partial charge in [0.25, 0.3) is 0 Å². The molecule has 0 unspecified atom stereocenters. The fraction of sp³-hybridized carbons (Fsp3) is 0.773. The van der Waals surface area contributed by atoms with E-state index in [0.717, 1.165) is 35.5 Å². The first kappa shape index (κ1) is 15.2. The fourth-order valence-corrected chi connectivity index (χ4v) is 7.48. The Morgan fingerprint density at radius 3 is 2.29 bits per heavy atom. The molecule has 4 aliphatic rings. The SMILES string of the molecule is O=c1ccc([C@H]2CC[C@@H]3[C@H]4CC[C@H]5CCCC[C@@H]5[C@H]4CC[C@@H]32)co1. The molecule has 4 aliphatic carbocycles. The summed E-state index contributed by atoms with van der Waals surface area (Å²) in [5, 5.41) is 0. The first-order valence-corrected chi connectivity index (χ1v) is 10.4. The summed E-state index contributed by atoms with van der Waals surface area (Å²) in [6.45, 7) is 0. The highest BCUT2D eigenvalue weighted by Crippen LogP contribution is 2.60. The first-order valence-electron chi connectivity index (χ1n) is 10.4. The topological polar surface area (TPSA) is 30.2 Å². The third kappa shape index (κ3) is 2.40. The van der Waals surface area contributed by atoms with Crippen molar-refractivity contribution in [3.05, 3.63) is 34.4 Å². The van der Waals surface area contributed by atoms with Gasteiger partial charge in [0.1, 0.15) is 0 Å². The van der Waals surface area contributed by atoms with E-state index in [1.165, 1.54) is 69.8 Å². The normalized spacial score (nSPS) is 44.4. The van der Waals surface area contributed by atoms with Crippen LogP contribution in [0.1, 0.15) is 75.7 Å². The molecule has 1 aromatic rings. The summed E-state index contributed by atoms with van der Waals surface area (Å²) >= 11 is 0. The molecule has 7 atom stereocenters. The Morgan fingerprint density at radius 2 is 1.42 bits per heavy atom. The van der Waals surface area contributed by atoms with Crippen LogP contribution in [0.4, 0.5) is 0 Å². The highest BCUT2D eigenvalue weighted by molar-refractivity contribution is 5.18. The predicted octanol–water partition coefficient (Wildman–Crippen LogP) is 5.38. The molecule has 1 heterocycles. The van der Waals surface area contributed by atoms with Gasteiger partial charge in [-0.05, 0) is 98.0 Å². The van der Waals surface area contributed by atoms with Crippen LogP contribution < -0.4 is 5.63 Å². The summed E-state index contributed by atoms with van der Waals surface area (Å²) in [4.78, 5) is 11.3. The minimum Gasteiger partial charge on any atom is -0.431 e. The second kappa shape index (κ2) is 6.04. The van der Waals surface area contributed by atoms with Crippen molar-refractivity contribution in [3.63, 3.8) is 0 Å². The maximum Gasteiger partial charge on any atom is 0.335 e. The lowest BCUT2D eigenvalue weighted by Gasteiger charge is -2.52. The lowest BCUT2D eigenvalue weighted by molar-refractivity contribution is -0.0206. The minimum absolute atomic E-state index is 0.215. The Morgan fingerprint density at radius 1 is 0.708 bits per heavy atom. The maximum atomic E-state index is 11.3. The second-order valence-electron chi connectivity index (χ2n) is 9.09. The molecule has 4 saturated carbocycles. The molecule has 5 rings (SSSR count). The van der Waals surface area contributed by atoms with Crippen molar-refractivity contribution < 1.29 is 4.42 Å². The van der Waals surface area contributed by atoms with Crippen LogP contribution in [-0.2, 0) is 0 Å². The van der Waals surface area contributed by atoms with E-state index in [4.69, 9.17) is 4.42 Å². The standard InChI is InChI=1S/C22H30O2/c23-22-12-6-15(13-24-22)17-8-9-21-19(17)11-10-18-16-4-2-1-3-14(16)5-7-20(18)21/h6,12-14,16-21H,1-5,7-11H2/t14-,16+,17-,18-,19-,20+,21+/m1/s1. The molecule has 0 radical (unpaired) electrons. The van der Waals surface area contributed by atoms with Crippen LogP contribution in [0, 0.1) is 35.5 Å². The van der Waals surface area contributed by atoms with E-state index in [2.05, 4.69) is 0 Å². The summed E-state index contributed by atoms with van der Waals surface area (Å²) in [5.41, 5.74) is 1.07. The van der Waals surface area contributed by atoms with Gasteiger partial charge in [-0.1, -0.05) is 19.3 Å². The third-order valence-corrected chi connectivity index (χ3v) is 8.35. The number of fused-ring (bicyclic) bond motifs is 5. The van der Waals surface area contributed by atoms with Crippen LogP contribution in [0.5, 0.6) is 0 Å². The van der Waals surface area contributed by atoms with E-state index in [9.17, 15) is 4.79 Å². The molecule has 24 heavy (non-hydrogen) atoms. The summed E-state index contributed by atoms with van der Waals surface area (Å²) in [7, 11) is 0. The van der Waals surface area contributed by atoms with Crippen LogP contribution >= 0.6 is 0 Å². The average Bonchev–Trinajstić information content (AvgIpc) is 3.06. The molecule has 0 spiro atoms. The van der Waals surface area contributed by atoms with Gasteiger partial charge in [0.05, 0.1) is 6.26 Å². The van der Waals surface area contributed by atoms with Gasteiger partial charge >= 0.3 is 5.63 Å². The van der Waals surface area contributed by atoms with Crippen molar-refractivity contribution in [3.8, 4) is 0 Å². The molecule has 1 aromatic heterocycles. The van der Waals surface area contributed by atoms with E-state index in [1.807, 2.05) is 6.07 Å². The molecule has 130 valence electrons. The largest absolute Gasteiger partial charge is 0.431 e. The van der Waals surface area contributed by atoms with Gasteiger partial charge in [-0.25, -0.2) is 4.79 Å². The van der Waals surface area contributed by atoms with Crippen LogP contribution in [0.25, 0.3) is 0 Å². The zero-order valence-corrected chi connectivity index (χ0v) is 14.7. The Bertz CT molecular complexity index is 627. The Labute approximate surface area is 145 Å². The Kier molecular flexibility index (Phi) is 3.83. The predicted molar refractivity (Wildman–Crippen MR) is 94.8 cm³/mol. The monoisotopic (exact) mass is 326 g/mol. The van der Waals surface area contributed by atoms with Gasteiger partial charge in [0.15, 0.2) is 0 Å². The first-order chi connectivity index (χ1) is 11.8. The van der Waals surface area contributed by atoms with Crippen molar-refractivity contribution in [1.29, 1.82) is 0 Å². The van der Waals surface area contributed by atoms with Crippen molar-refractivity contribution >= 4 is 0 Å². The minimum atomic E-state index is -0.215. The molecule has 0 saturated heterocycles. The molecule has 0 aromatic carbocycles. The molecule has 0 amide bonds. The van der Waals surface area contributed by atoms with Crippen LogP contribution in [0.2, 0.25) is 0 Å². The van der Waals surface area contributed by atoms with E-state index in [1.54, 1.807) is 12.3 Å². The van der Waals surface area contributed by atoms with E-state index >= 15 is 0 Å². The fourth-order valence-electron chi connectivity index (χ4n) is 7.48. The molecule has 0 aliphatic heterocycles. The Hall–Kier alpha value is -1.05. The van der Waals surface area contributed by atoms with Crippen molar-refractivity contribution in [2.24, 2.45) is 35.5 Å². The molecule has 2 heteroatoms. The molecule has 4 fully saturated rings. The van der Waals surface area contributed by atoms with Crippen LogP contribution in [-0.4, -0.2) is 0 Å². The lowest BCUT2D eigenvalue weighted by atomic mass is 9.53. The Balaban J connectivity index is 1.37. The smallest absolute Gasteiger partial charge is 0.335 e. The number of hydrogen-bond acceptors (Lipinski definition) is 2. The zero-order chi connectivity index (χ0) is 16.1. The summed E-state index contributed by atoms with van der Waals surface area (Å²) in [5.74, 6) is 6.61. The molecule has 0 bridgehead atoms. The van der Waals surface area contributed by atoms with E-state index in [0.29, 0.717) is 5.92 Å². The molecular weight excluding hydrogens is 296 g/mol. The lowest BCUT2D eigenvalue weighted by Crippen LogP contribution is -2.43. The van der Waals surface area contributed by atoms with Gasteiger partial charge in [-0.15, -0.1) is 0 Å². The van der Waals surface area contributed by atoms with Gasteiger partial charge in [-0.3, -0.25) is 0 Å². The van der Waals surface area contributed by atoms with E-state index in [-0.39, 0.29) is 5.63 Å². The third-order valence-electron chi connectivity index (χ3n) is 8.35. The average molecular weight is 326 g/mol. The highest BCUT2D eigenvalue weighted by atomic mass is 16.4. The molecular formula is C22H30O2. The number of hydrogen-bond donors (Lipinski definition) is 0. The molecule has 2 nitrogen and oxygen atoms in total. The van der Waals surface area contributed by atoms with Crippen LogP contribution in [0.15, 0.2) is 27.6 Å². The summed E-state index contributed by atoms with van der Waals surface area (Å²) in [6.07, 6.45) is 16.4. The highest BCUT2D eigenvalue weighted by Gasteiger charge is 2.51. The van der Waals surface area contributed by atoms with Gasteiger partial charge in [0, 0.05) is 6.07 Å². The van der Waals surface area contributed by atoms with Crippen molar-refractivity contribution in [2.75, 3.05) is 0 Å². The zero-order valence-electron chi connectivity index (χ0n) is 14.7. The second-order valence-corrected chi connectivity index (χ2v) is 9.09.